The number of halogens is 4. The van der Waals surface area contributed by atoms with E-state index in [2.05, 4.69) is 10.3 Å². The van der Waals surface area contributed by atoms with Crippen LogP contribution in [0.1, 0.15) is 15.9 Å². The van der Waals surface area contributed by atoms with E-state index in [1.165, 1.54) is 11.3 Å². The van der Waals surface area contributed by atoms with Gasteiger partial charge in [-0.15, -0.1) is 11.3 Å². The fraction of sp³-hybridized carbons (Fsp3) is 0.0625. The Morgan fingerprint density at radius 1 is 1.12 bits per heavy atom. The first-order valence-corrected chi connectivity index (χ1v) is 8.01. The van der Waals surface area contributed by atoms with Gasteiger partial charge >= 0.3 is 6.18 Å². The van der Waals surface area contributed by atoms with Gasteiger partial charge in [0.25, 0.3) is 5.91 Å². The van der Waals surface area contributed by atoms with Crippen molar-refractivity contribution in [3.8, 4) is 10.4 Å². The second-order valence-electron chi connectivity index (χ2n) is 4.90. The van der Waals surface area contributed by atoms with Gasteiger partial charge in [0, 0.05) is 17.4 Å². The van der Waals surface area contributed by atoms with Crippen LogP contribution in [0.4, 0.5) is 18.9 Å². The lowest BCUT2D eigenvalue weighted by molar-refractivity contribution is -0.137. The van der Waals surface area contributed by atoms with Crippen LogP contribution in [0.2, 0.25) is 5.02 Å². The maximum atomic E-state index is 12.9. The summed E-state index contributed by atoms with van der Waals surface area (Å²) in [5, 5.41) is 4.86. The lowest BCUT2D eigenvalue weighted by Gasteiger charge is -2.09. The molecule has 0 radical (unpaired) electrons. The lowest BCUT2D eigenvalue weighted by Crippen LogP contribution is -2.16. The molecule has 0 fully saturated rings. The number of carbonyl (C=O) groups excluding carboxylic acids is 1. The minimum absolute atomic E-state index is 0.446. The third-order valence-corrected chi connectivity index (χ3v) is 4.53. The molecule has 1 amide bonds. The van der Waals surface area contributed by atoms with Gasteiger partial charge in [0.05, 0.1) is 21.7 Å². The van der Waals surface area contributed by atoms with Crippen LogP contribution in [0.3, 0.4) is 0 Å². The number of H-pyrrole nitrogens is 1. The van der Waals surface area contributed by atoms with E-state index in [9.17, 15) is 18.0 Å². The molecule has 1 aromatic carbocycles. The van der Waals surface area contributed by atoms with E-state index in [1.807, 2.05) is 0 Å². The summed E-state index contributed by atoms with van der Waals surface area (Å²) in [5.74, 6) is -0.822. The predicted molar refractivity (Wildman–Crippen MR) is 88.5 cm³/mol. The molecule has 0 atom stereocenters. The molecule has 0 spiro atoms. The Labute approximate surface area is 144 Å². The number of thiophene rings is 1. The van der Waals surface area contributed by atoms with Crippen LogP contribution in [0.25, 0.3) is 10.4 Å². The number of carbonyl (C=O) groups is 1. The average molecular weight is 371 g/mol. The lowest BCUT2D eigenvalue weighted by atomic mass is 10.1. The zero-order chi connectivity index (χ0) is 17.3. The molecule has 8 heteroatoms. The number of aromatic nitrogens is 1. The number of rotatable bonds is 3. The van der Waals surface area contributed by atoms with Crippen molar-refractivity contribution in [2.24, 2.45) is 0 Å². The minimum Gasteiger partial charge on any atom is -0.366 e. The molecule has 24 heavy (non-hydrogen) atoms. The van der Waals surface area contributed by atoms with E-state index in [0.717, 1.165) is 22.8 Å². The standard InChI is InChI=1S/C16H10ClF3N2OS/c17-10-3-1-9(2-4-10)14-13(5-6-24-14)22-15(23)11-7-21-8-12(11)16(18,19)20/h1-8,21H,(H,22,23). The van der Waals surface area contributed by atoms with E-state index >= 15 is 0 Å². The number of nitrogens with one attached hydrogen (secondary N) is 2. The molecule has 3 rings (SSSR count). The zero-order valence-electron chi connectivity index (χ0n) is 11.9. The van der Waals surface area contributed by atoms with Gasteiger partial charge in [-0.05, 0) is 29.1 Å². The Balaban J connectivity index is 1.88. The average Bonchev–Trinajstić information content (AvgIpc) is 3.16. The largest absolute Gasteiger partial charge is 0.418 e. The first-order chi connectivity index (χ1) is 11.4. The van der Waals surface area contributed by atoms with Gasteiger partial charge in [-0.2, -0.15) is 13.2 Å². The molecule has 0 saturated heterocycles. The van der Waals surface area contributed by atoms with Crippen molar-refractivity contribution in [3.63, 3.8) is 0 Å². The van der Waals surface area contributed by atoms with Crippen molar-refractivity contribution in [2.75, 3.05) is 5.32 Å². The maximum absolute atomic E-state index is 12.9. The second-order valence-corrected chi connectivity index (χ2v) is 6.26. The highest BCUT2D eigenvalue weighted by Gasteiger charge is 2.36. The summed E-state index contributed by atoms with van der Waals surface area (Å²) in [5.41, 5.74) is -0.185. The molecule has 0 aliphatic carbocycles. The molecule has 124 valence electrons. The van der Waals surface area contributed by atoms with E-state index in [0.29, 0.717) is 10.7 Å². The Morgan fingerprint density at radius 3 is 2.50 bits per heavy atom. The monoisotopic (exact) mass is 370 g/mol. The summed E-state index contributed by atoms with van der Waals surface area (Å²) in [7, 11) is 0. The van der Waals surface area contributed by atoms with Gasteiger partial charge in [-0.1, -0.05) is 23.7 Å². The Hall–Kier alpha value is -2.25. The van der Waals surface area contributed by atoms with E-state index in [4.69, 9.17) is 11.6 Å². The molecule has 0 aliphatic rings. The maximum Gasteiger partial charge on any atom is 0.418 e. The molecule has 0 bridgehead atoms. The summed E-state index contributed by atoms with van der Waals surface area (Å²) >= 11 is 7.22. The SMILES string of the molecule is O=C(Nc1ccsc1-c1ccc(Cl)cc1)c1c[nH]cc1C(F)(F)F. The summed E-state index contributed by atoms with van der Waals surface area (Å²) in [6, 6.07) is 8.61. The number of hydrogen-bond donors (Lipinski definition) is 2. The molecular formula is C16H10ClF3N2OS. The molecule has 0 aliphatic heterocycles. The number of amides is 1. The van der Waals surface area contributed by atoms with Gasteiger partial charge in [0.15, 0.2) is 0 Å². The molecular weight excluding hydrogens is 361 g/mol. The van der Waals surface area contributed by atoms with Crippen molar-refractivity contribution in [1.29, 1.82) is 0 Å². The van der Waals surface area contributed by atoms with Gasteiger partial charge in [0.1, 0.15) is 0 Å². The highest BCUT2D eigenvalue weighted by molar-refractivity contribution is 7.14. The van der Waals surface area contributed by atoms with Gasteiger partial charge in [-0.3, -0.25) is 4.79 Å². The molecule has 0 saturated carbocycles. The zero-order valence-corrected chi connectivity index (χ0v) is 13.5. The number of aromatic amines is 1. The topological polar surface area (TPSA) is 44.9 Å². The fourth-order valence-electron chi connectivity index (χ4n) is 2.21. The van der Waals surface area contributed by atoms with Crippen molar-refractivity contribution >= 4 is 34.5 Å². The van der Waals surface area contributed by atoms with Crippen LogP contribution in [0.15, 0.2) is 48.1 Å². The van der Waals surface area contributed by atoms with E-state index in [1.54, 1.807) is 35.7 Å². The first-order valence-electron chi connectivity index (χ1n) is 6.75. The molecule has 3 aromatic rings. The summed E-state index contributed by atoms with van der Waals surface area (Å²) in [4.78, 5) is 15.3. The van der Waals surface area contributed by atoms with Crippen LogP contribution < -0.4 is 5.32 Å². The fourth-order valence-corrected chi connectivity index (χ4v) is 3.19. The van der Waals surface area contributed by atoms with Crippen LogP contribution in [0.5, 0.6) is 0 Å². The highest BCUT2D eigenvalue weighted by atomic mass is 35.5. The van der Waals surface area contributed by atoms with Crippen LogP contribution in [-0.2, 0) is 6.18 Å². The van der Waals surface area contributed by atoms with Crippen molar-refractivity contribution < 1.29 is 18.0 Å². The van der Waals surface area contributed by atoms with Crippen LogP contribution in [-0.4, -0.2) is 10.9 Å². The summed E-state index contributed by atoms with van der Waals surface area (Å²) in [6.45, 7) is 0. The highest BCUT2D eigenvalue weighted by Crippen LogP contribution is 2.36. The summed E-state index contributed by atoms with van der Waals surface area (Å²) < 4.78 is 38.7. The smallest absolute Gasteiger partial charge is 0.366 e. The van der Waals surface area contributed by atoms with Crippen LogP contribution >= 0.6 is 22.9 Å². The molecule has 0 unspecified atom stereocenters. The Morgan fingerprint density at radius 2 is 1.83 bits per heavy atom. The third kappa shape index (κ3) is 3.32. The number of alkyl halides is 3. The van der Waals surface area contributed by atoms with E-state index in [-0.39, 0.29) is 0 Å². The van der Waals surface area contributed by atoms with Crippen LogP contribution in [0, 0.1) is 0 Å². The Bertz CT molecular complexity index is 868. The number of benzene rings is 1. The van der Waals surface area contributed by atoms with E-state index < -0.39 is 23.2 Å². The molecule has 3 nitrogen and oxygen atoms in total. The summed E-state index contributed by atoms with van der Waals surface area (Å²) in [6.07, 6.45) is -2.80. The minimum atomic E-state index is -4.60. The van der Waals surface area contributed by atoms with Crippen molar-refractivity contribution in [3.05, 3.63) is 64.3 Å². The first kappa shape index (κ1) is 16.6. The Kier molecular flexibility index (Phi) is 4.38. The molecule has 2 heterocycles. The number of hydrogen-bond acceptors (Lipinski definition) is 2. The third-order valence-electron chi connectivity index (χ3n) is 3.32. The normalized spacial score (nSPS) is 11.5. The number of anilines is 1. The quantitative estimate of drug-likeness (QED) is 0.613. The van der Waals surface area contributed by atoms with Crippen molar-refractivity contribution in [1.82, 2.24) is 4.98 Å². The molecule has 2 aromatic heterocycles. The van der Waals surface area contributed by atoms with Gasteiger partial charge in [0.2, 0.25) is 0 Å². The predicted octanol–water partition coefficient (Wildman–Crippen LogP) is 5.67. The van der Waals surface area contributed by atoms with Crippen molar-refractivity contribution in [2.45, 2.75) is 6.18 Å². The molecule has 2 N–H and O–H groups in total. The second kappa shape index (κ2) is 6.33. The van der Waals surface area contributed by atoms with Gasteiger partial charge < -0.3 is 10.3 Å². The van der Waals surface area contributed by atoms with Gasteiger partial charge in [-0.25, -0.2) is 0 Å².